The van der Waals surface area contributed by atoms with Gasteiger partial charge in [0.15, 0.2) is 5.82 Å². The average Bonchev–Trinajstić information content (AvgIpc) is 3.06. The van der Waals surface area contributed by atoms with Gasteiger partial charge in [-0.25, -0.2) is 0 Å². The molecule has 6 heteroatoms. The van der Waals surface area contributed by atoms with Gasteiger partial charge in [0.1, 0.15) is 5.82 Å². The Hall–Kier alpha value is -2.66. The summed E-state index contributed by atoms with van der Waals surface area (Å²) in [6.45, 7) is 0.943. The first-order valence-electron chi connectivity index (χ1n) is 8.30. The minimum Gasteiger partial charge on any atom is -0.322 e. The lowest BCUT2D eigenvalue weighted by atomic mass is 10.1. The van der Waals surface area contributed by atoms with Crippen LogP contribution in [0.2, 0.25) is 5.02 Å². The van der Waals surface area contributed by atoms with Gasteiger partial charge in [0.2, 0.25) is 0 Å². The molecule has 5 nitrogen and oxygen atoms in total. The van der Waals surface area contributed by atoms with Crippen LogP contribution in [-0.4, -0.2) is 20.7 Å². The lowest BCUT2D eigenvalue weighted by molar-refractivity contribution is 0.102. The van der Waals surface area contributed by atoms with Gasteiger partial charge in [-0.2, -0.15) is 0 Å². The molecule has 126 valence electrons. The molecule has 3 aromatic rings. The molecule has 0 spiro atoms. The lowest BCUT2D eigenvalue weighted by Crippen LogP contribution is -2.12. The standard InChI is InChI=1S/C19H17ClN4O/c20-15-9-7-13(8-10-15)19(25)21-16-5-3-4-14(12-16)18-23-22-17-6-1-2-11-24(17)18/h3-5,7-10,12H,1-2,6,11H2,(H,21,25). The lowest BCUT2D eigenvalue weighted by Gasteiger charge is -2.15. The number of hydrogen-bond donors (Lipinski definition) is 1. The van der Waals surface area contributed by atoms with Crippen LogP contribution in [0.4, 0.5) is 5.69 Å². The van der Waals surface area contributed by atoms with Gasteiger partial charge >= 0.3 is 0 Å². The molecule has 2 aromatic carbocycles. The van der Waals surface area contributed by atoms with Gasteiger partial charge in [0, 0.05) is 34.8 Å². The number of nitrogens with zero attached hydrogens (tertiary/aromatic N) is 3. The molecule has 1 amide bonds. The highest BCUT2D eigenvalue weighted by Crippen LogP contribution is 2.25. The summed E-state index contributed by atoms with van der Waals surface area (Å²) in [5, 5.41) is 12.2. The molecular formula is C19H17ClN4O. The summed E-state index contributed by atoms with van der Waals surface area (Å²) in [4.78, 5) is 12.4. The zero-order valence-electron chi connectivity index (χ0n) is 13.6. The quantitative estimate of drug-likeness (QED) is 0.769. The molecule has 0 fully saturated rings. The van der Waals surface area contributed by atoms with Gasteiger partial charge in [-0.15, -0.1) is 10.2 Å². The predicted octanol–water partition coefficient (Wildman–Crippen LogP) is 4.19. The maximum atomic E-state index is 12.4. The van der Waals surface area contributed by atoms with E-state index in [-0.39, 0.29) is 5.91 Å². The fourth-order valence-electron chi connectivity index (χ4n) is 3.06. The third-order valence-corrected chi connectivity index (χ3v) is 4.60. The number of amides is 1. The van der Waals surface area contributed by atoms with Crippen LogP contribution in [0.1, 0.15) is 29.0 Å². The highest BCUT2D eigenvalue weighted by Gasteiger charge is 2.17. The Kier molecular flexibility index (Phi) is 4.24. The Bertz CT molecular complexity index is 917. The van der Waals surface area contributed by atoms with Crippen molar-refractivity contribution in [1.82, 2.24) is 14.8 Å². The minimum atomic E-state index is -0.169. The average molecular weight is 353 g/mol. The van der Waals surface area contributed by atoms with Crippen LogP contribution in [0.25, 0.3) is 11.4 Å². The molecule has 0 radical (unpaired) electrons. The third kappa shape index (κ3) is 3.28. The van der Waals surface area contributed by atoms with Crippen LogP contribution in [0.15, 0.2) is 48.5 Å². The Morgan fingerprint density at radius 3 is 2.76 bits per heavy atom. The van der Waals surface area contributed by atoms with E-state index in [0.717, 1.165) is 48.7 Å². The minimum absolute atomic E-state index is 0.169. The predicted molar refractivity (Wildman–Crippen MR) is 97.8 cm³/mol. The Labute approximate surface area is 150 Å². The number of aryl methyl sites for hydroxylation is 1. The summed E-state index contributed by atoms with van der Waals surface area (Å²) in [7, 11) is 0. The molecule has 0 saturated carbocycles. The zero-order chi connectivity index (χ0) is 17.2. The summed E-state index contributed by atoms with van der Waals surface area (Å²) >= 11 is 5.87. The van der Waals surface area contributed by atoms with Gasteiger partial charge in [0.25, 0.3) is 5.91 Å². The second-order valence-corrected chi connectivity index (χ2v) is 6.53. The van der Waals surface area contributed by atoms with Crippen molar-refractivity contribution >= 4 is 23.2 Å². The number of benzene rings is 2. The molecule has 4 rings (SSSR count). The normalized spacial score (nSPS) is 13.3. The maximum absolute atomic E-state index is 12.4. The van der Waals surface area contributed by atoms with Crippen molar-refractivity contribution in [3.63, 3.8) is 0 Å². The van der Waals surface area contributed by atoms with E-state index in [4.69, 9.17) is 11.6 Å². The number of carbonyl (C=O) groups is 1. The highest BCUT2D eigenvalue weighted by molar-refractivity contribution is 6.30. The van der Waals surface area contributed by atoms with E-state index in [1.165, 1.54) is 0 Å². The number of aromatic nitrogens is 3. The van der Waals surface area contributed by atoms with Crippen LogP contribution in [0.5, 0.6) is 0 Å². The fraction of sp³-hybridized carbons (Fsp3) is 0.211. The maximum Gasteiger partial charge on any atom is 0.255 e. The smallest absolute Gasteiger partial charge is 0.255 e. The molecule has 1 aromatic heterocycles. The number of rotatable bonds is 3. The molecule has 0 unspecified atom stereocenters. The summed E-state index contributed by atoms with van der Waals surface area (Å²) < 4.78 is 2.17. The molecule has 0 atom stereocenters. The summed E-state index contributed by atoms with van der Waals surface area (Å²) in [5.41, 5.74) is 2.25. The van der Waals surface area contributed by atoms with Gasteiger partial charge in [0.05, 0.1) is 0 Å². The van der Waals surface area contributed by atoms with Gasteiger partial charge in [-0.1, -0.05) is 23.7 Å². The largest absolute Gasteiger partial charge is 0.322 e. The SMILES string of the molecule is O=C(Nc1cccc(-c2nnc3n2CCCC3)c1)c1ccc(Cl)cc1. The molecule has 0 aliphatic carbocycles. The van der Waals surface area contributed by atoms with E-state index in [0.29, 0.717) is 10.6 Å². The second-order valence-electron chi connectivity index (χ2n) is 6.09. The van der Waals surface area contributed by atoms with Crippen molar-refractivity contribution in [2.24, 2.45) is 0 Å². The Balaban J connectivity index is 1.58. The van der Waals surface area contributed by atoms with Gasteiger partial charge < -0.3 is 9.88 Å². The van der Waals surface area contributed by atoms with E-state index in [1.54, 1.807) is 24.3 Å². The van der Waals surface area contributed by atoms with Crippen LogP contribution < -0.4 is 5.32 Å². The number of carbonyl (C=O) groups excluding carboxylic acids is 1. The summed E-state index contributed by atoms with van der Waals surface area (Å²) in [6, 6.07) is 14.5. The van der Waals surface area contributed by atoms with Crippen molar-refractivity contribution in [3.05, 3.63) is 64.9 Å². The molecule has 1 aliphatic heterocycles. The number of nitrogens with one attached hydrogen (secondary N) is 1. The van der Waals surface area contributed by atoms with Crippen LogP contribution in [0, 0.1) is 0 Å². The monoisotopic (exact) mass is 352 g/mol. The molecule has 25 heavy (non-hydrogen) atoms. The Morgan fingerprint density at radius 1 is 1.08 bits per heavy atom. The topological polar surface area (TPSA) is 59.8 Å². The van der Waals surface area contributed by atoms with Crippen LogP contribution >= 0.6 is 11.6 Å². The van der Waals surface area contributed by atoms with E-state index >= 15 is 0 Å². The first kappa shape index (κ1) is 15.8. The van der Waals surface area contributed by atoms with Crippen molar-refractivity contribution in [1.29, 1.82) is 0 Å². The van der Waals surface area contributed by atoms with Crippen molar-refractivity contribution < 1.29 is 4.79 Å². The zero-order valence-corrected chi connectivity index (χ0v) is 14.3. The fourth-order valence-corrected chi connectivity index (χ4v) is 3.19. The van der Waals surface area contributed by atoms with E-state index in [1.807, 2.05) is 24.3 Å². The second kappa shape index (κ2) is 6.69. The summed E-state index contributed by atoms with van der Waals surface area (Å²) in [6.07, 6.45) is 3.28. The van der Waals surface area contributed by atoms with Crippen LogP contribution in [-0.2, 0) is 13.0 Å². The molecule has 0 bridgehead atoms. The highest BCUT2D eigenvalue weighted by atomic mass is 35.5. The molecule has 2 heterocycles. The molecular weight excluding hydrogens is 336 g/mol. The van der Waals surface area contributed by atoms with Crippen LogP contribution in [0.3, 0.4) is 0 Å². The van der Waals surface area contributed by atoms with E-state index in [9.17, 15) is 4.79 Å². The summed E-state index contributed by atoms with van der Waals surface area (Å²) in [5.74, 6) is 1.73. The first-order valence-corrected chi connectivity index (χ1v) is 8.68. The number of hydrogen-bond acceptors (Lipinski definition) is 3. The number of anilines is 1. The Morgan fingerprint density at radius 2 is 1.92 bits per heavy atom. The molecule has 0 saturated heterocycles. The third-order valence-electron chi connectivity index (χ3n) is 4.34. The van der Waals surface area contributed by atoms with Gasteiger partial charge in [-0.3, -0.25) is 4.79 Å². The number of fused-ring (bicyclic) bond motifs is 1. The molecule has 1 aliphatic rings. The molecule has 1 N–H and O–H groups in total. The van der Waals surface area contributed by atoms with Crippen molar-refractivity contribution in [2.45, 2.75) is 25.8 Å². The van der Waals surface area contributed by atoms with E-state index < -0.39 is 0 Å². The van der Waals surface area contributed by atoms with Crippen molar-refractivity contribution in [2.75, 3.05) is 5.32 Å². The first-order chi connectivity index (χ1) is 12.2. The number of halogens is 1. The van der Waals surface area contributed by atoms with Crippen molar-refractivity contribution in [3.8, 4) is 11.4 Å². The van der Waals surface area contributed by atoms with Gasteiger partial charge in [-0.05, 0) is 49.2 Å². The van der Waals surface area contributed by atoms with E-state index in [2.05, 4.69) is 20.1 Å².